The Morgan fingerprint density at radius 3 is 2.92 bits per heavy atom. The van der Waals surface area contributed by atoms with Gasteiger partial charge in [-0.1, -0.05) is 0 Å². The molecular weight excluding hydrogens is 332 g/mol. The summed E-state index contributed by atoms with van der Waals surface area (Å²) in [5.74, 6) is 1.84. The summed E-state index contributed by atoms with van der Waals surface area (Å²) >= 11 is 0. The summed E-state index contributed by atoms with van der Waals surface area (Å²) in [4.78, 5) is 27.4. The molecule has 0 aromatic carbocycles. The fraction of sp³-hybridized carbons (Fsp3) is 0.471. The molecule has 0 radical (unpaired) electrons. The average molecular weight is 352 g/mol. The van der Waals surface area contributed by atoms with Gasteiger partial charge in [-0.15, -0.1) is 0 Å². The van der Waals surface area contributed by atoms with Crippen molar-refractivity contribution in [2.45, 2.75) is 25.3 Å². The van der Waals surface area contributed by atoms with Crippen LogP contribution >= 0.6 is 0 Å². The number of aromatic nitrogens is 6. The number of nitrogens with one attached hydrogen (secondary N) is 2. The third-order valence-electron chi connectivity index (χ3n) is 5.06. The lowest BCUT2D eigenvalue weighted by Crippen LogP contribution is -2.27. The van der Waals surface area contributed by atoms with Crippen LogP contribution in [0.5, 0.6) is 0 Å². The number of ether oxygens (including phenoxy) is 1. The number of rotatable bonds is 3. The smallest absolute Gasteiger partial charge is 0.182 e. The van der Waals surface area contributed by atoms with E-state index in [0.29, 0.717) is 11.7 Å². The first kappa shape index (κ1) is 15.4. The maximum atomic E-state index is 5.47. The zero-order valence-corrected chi connectivity index (χ0v) is 14.4. The number of H-pyrrole nitrogens is 1. The zero-order valence-electron chi connectivity index (χ0n) is 14.4. The molecular formula is C17H20N8O. The molecule has 9 heteroatoms. The second kappa shape index (κ2) is 6.49. The van der Waals surface area contributed by atoms with Gasteiger partial charge in [0, 0.05) is 31.7 Å². The highest BCUT2D eigenvalue weighted by Gasteiger charge is 2.23. The van der Waals surface area contributed by atoms with Crippen molar-refractivity contribution in [3.63, 3.8) is 0 Å². The first-order valence-corrected chi connectivity index (χ1v) is 8.94. The predicted octanol–water partition coefficient (Wildman–Crippen LogP) is 0.949. The summed E-state index contributed by atoms with van der Waals surface area (Å²) in [6.45, 7) is 3.25. The number of hydrogen-bond acceptors (Lipinski definition) is 8. The lowest BCUT2D eigenvalue weighted by molar-refractivity contribution is 0.195. The molecule has 2 aliphatic heterocycles. The van der Waals surface area contributed by atoms with Crippen molar-refractivity contribution < 1.29 is 4.74 Å². The average Bonchev–Trinajstić information content (AvgIpc) is 3.30. The SMILES string of the molecule is c1nc2c(c(N[C@H]3CCOC3)n1)CCN(c1ncnc3nc[nH]c13)CC2. The standard InChI is InChI=1S/C17H20N8O/c1-4-25(17-14-16(21-9-19-14)22-10-23-17)5-2-13-12(1)15(20-8-18-13)24-11-3-6-26-7-11/h8-11H,1-7H2,(H,18,20,24)(H,19,21,22,23)/t11-/m0/s1. The third kappa shape index (κ3) is 2.74. The number of nitrogens with zero attached hydrogens (tertiary/aromatic N) is 6. The Bertz CT molecular complexity index is 920. The molecule has 3 aromatic heterocycles. The van der Waals surface area contributed by atoms with Crippen LogP contribution in [0, 0.1) is 0 Å². The molecule has 5 rings (SSSR count). The molecule has 9 nitrogen and oxygen atoms in total. The van der Waals surface area contributed by atoms with Gasteiger partial charge in [-0.25, -0.2) is 24.9 Å². The van der Waals surface area contributed by atoms with Gasteiger partial charge in [-0.3, -0.25) is 0 Å². The van der Waals surface area contributed by atoms with E-state index in [0.717, 1.165) is 68.4 Å². The predicted molar refractivity (Wildman–Crippen MR) is 96.2 cm³/mol. The van der Waals surface area contributed by atoms with Crippen LogP contribution < -0.4 is 10.2 Å². The highest BCUT2D eigenvalue weighted by atomic mass is 16.5. The highest BCUT2D eigenvalue weighted by molar-refractivity contribution is 5.82. The minimum atomic E-state index is 0.333. The van der Waals surface area contributed by atoms with Crippen molar-refractivity contribution in [3.05, 3.63) is 30.2 Å². The van der Waals surface area contributed by atoms with Crippen LogP contribution in [-0.2, 0) is 17.6 Å². The molecule has 0 bridgehead atoms. The summed E-state index contributed by atoms with van der Waals surface area (Å²) < 4.78 is 5.47. The normalized spacial score (nSPS) is 20.2. The molecule has 0 aliphatic carbocycles. The van der Waals surface area contributed by atoms with Gasteiger partial charge in [0.25, 0.3) is 0 Å². The molecule has 1 fully saturated rings. The van der Waals surface area contributed by atoms with Crippen LogP contribution in [0.1, 0.15) is 17.7 Å². The lowest BCUT2D eigenvalue weighted by atomic mass is 10.1. The van der Waals surface area contributed by atoms with E-state index in [-0.39, 0.29) is 0 Å². The number of fused-ring (bicyclic) bond motifs is 2. The molecule has 2 aliphatic rings. The molecule has 134 valence electrons. The van der Waals surface area contributed by atoms with Gasteiger partial charge in [0.15, 0.2) is 11.5 Å². The van der Waals surface area contributed by atoms with Gasteiger partial charge < -0.3 is 19.9 Å². The summed E-state index contributed by atoms with van der Waals surface area (Å²) in [6, 6.07) is 0.333. The molecule has 0 amide bonds. The van der Waals surface area contributed by atoms with Gasteiger partial charge in [0.05, 0.1) is 24.7 Å². The van der Waals surface area contributed by atoms with Gasteiger partial charge in [0.2, 0.25) is 0 Å². The van der Waals surface area contributed by atoms with Crippen molar-refractivity contribution in [1.82, 2.24) is 29.9 Å². The topological polar surface area (TPSA) is 105 Å². The van der Waals surface area contributed by atoms with Gasteiger partial charge in [-0.2, -0.15) is 0 Å². The van der Waals surface area contributed by atoms with E-state index in [1.165, 1.54) is 5.56 Å². The van der Waals surface area contributed by atoms with Gasteiger partial charge in [0.1, 0.15) is 24.0 Å². The molecule has 2 N–H and O–H groups in total. The Hall–Kier alpha value is -2.81. The quantitative estimate of drug-likeness (QED) is 0.718. The van der Waals surface area contributed by atoms with Crippen LogP contribution in [0.2, 0.25) is 0 Å². The minimum Gasteiger partial charge on any atom is -0.379 e. The first-order valence-electron chi connectivity index (χ1n) is 8.94. The molecule has 26 heavy (non-hydrogen) atoms. The fourth-order valence-corrected chi connectivity index (χ4v) is 3.70. The summed E-state index contributed by atoms with van der Waals surface area (Å²) in [5.41, 5.74) is 3.89. The van der Waals surface area contributed by atoms with E-state index < -0.39 is 0 Å². The van der Waals surface area contributed by atoms with E-state index in [1.54, 1.807) is 19.0 Å². The Labute approximate surface area is 150 Å². The van der Waals surface area contributed by atoms with E-state index in [2.05, 4.69) is 40.1 Å². The number of aromatic amines is 1. The molecule has 3 aromatic rings. The number of hydrogen-bond donors (Lipinski definition) is 2. The first-order chi connectivity index (χ1) is 12.9. The highest BCUT2D eigenvalue weighted by Crippen LogP contribution is 2.26. The van der Waals surface area contributed by atoms with E-state index in [4.69, 9.17) is 4.74 Å². The van der Waals surface area contributed by atoms with Crippen molar-refractivity contribution in [3.8, 4) is 0 Å². The number of imidazole rings is 1. The van der Waals surface area contributed by atoms with Crippen LogP contribution in [-0.4, -0.2) is 62.2 Å². The minimum absolute atomic E-state index is 0.333. The third-order valence-corrected chi connectivity index (χ3v) is 5.06. The lowest BCUT2D eigenvalue weighted by Gasteiger charge is -2.21. The van der Waals surface area contributed by atoms with E-state index in [9.17, 15) is 0 Å². The van der Waals surface area contributed by atoms with Crippen LogP contribution in [0.15, 0.2) is 19.0 Å². The Morgan fingerprint density at radius 1 is 1.08 bits per heavy atom. The maximum Gasteiger partial charge on any atom is 0.182 e. The molecule has 0 unspecified atom stereocenters. The van der Waals surface area contributed by atoms with Gasteiger partial charge in [-0.05, 0) is 12.8 Å². The van der Waals surface area contributed by atoms with Crippen LogP contribution in [0.3, 0.4) is 0 Å². The maximum absolute atomic E-state index is 5.47. The monoisotopic (exact) mass is 352 g/mol. The van der Waals surface area contributed by atoms with Crippen LogP contribution in [0.25, 0.3) is 11.2 Å². The van der Waals surface area contributed by atoms with Crippen molar-refractivity contribution >= 4 is 22.8 Å². The fourth-order valence-electron chi connectivity index (χ4n) is 3.70. The Morgan fingerprint density at radius 2 is 2.00 bits per heavy atom. The zero-order chi connectivity index (χ0) is 17.3. The van der Waals surface area contributed by atoms with Crippen LogP contribution in [0.4, 0.5) is 11.6 Å². The Balaban J connectivity index is 1.41. The van der Waals surface area contributed by atoms with Crippen molar-refractivity contribution in [2.75, 3.05) is 36.5 Å². The second-order valence-electron chi connectivity index (χ2n) is 6.64. The molecule has 1 saturated heterocycles. The second-order valence-corrected chi connectivity index (χ2v) is 6.64. The number of anilines is 2. The molecule has 5 heterocycles. The molecule has 0 spiro atoms. The largest absolute Gasteiger partial charge is 0.379 e. The summed E-state index contributed by atoms with van der Waals surface area (Å²) in [7, 11) is 0. The summed E-state index contributed by atoms with van der Waals surface area (Å²) in [6.07, 6.45) is 7.63. The van der Waals surface area contributed by atoms with Gasteiger partial charge >= 0.3 is 0 Å². The summed E-state index contributed by atoms with van der Waals surface area (Å²) in [5, 5.41) is 3.54. The van der Waals surface area contributed by atoms with E-state index in [1.807, 2.05) is 0 Å². The Kier molecular flexibility index (Phi) is 3.85. The molecule has 1 atom stereocenters. The van der Waals surface area contributed by atoms with Crippen molar-refractivity contribution in [2.24, 2.45) is 0 Å². The van der Waals surface area contributed by atoms with E-state index >= 15 is 0 Å². The van der Waals surface area contributed by atoms with Crippen molar-refractivity contribution in [1.29, 1.82) is 0 Å². The molecule has 0 saturated carbocycles.